The van der Waals surface area contributed by atoms with Crippen LogP contribution in [0.2, 0.25) is 0 Å². The summed E-state index contributed by atoms with van der Waals surface area (Å²) in [5.74, 6) is -0.408. The van der Waals surface area contributed by atoms with Crippen LogP contribution in [-0.4, -0.2) is 31.0 Å². The molecular formula is C16H14N2O7S2. The number of hydrogen-bond donors (Lipinski definition) is 5. The van der Waals surface area contributed by atoms with Crippen LogP contribution in [0.15, 0.2) is 52.3 Å². The van der Waals surface area contributed by atoms with Crippen molar-refractivity contribution < 1.29 is 31.0 Å². The summed E-state index contributed by atoms with van der Waals surface area (Å²) in [4.78, 5) is -1.05. The molecule has 0 aliphatic heterocycles. The Morgan fingerprint density at radius 1 is 0.778 bits per heavy atom. The van der Waals surface area contributed by atoms with Gasteiger partial charge in [0.15, 0.2) is 0 Å². The molecule has 7 N–H and O–H groups in total. The molecule has 27 heavy (non-hydrogen) atoms. The number of hydrogen-bond acceptors (Lipinski definition) is 7. The fraction of sp³-hybridized carbons (Fsp3) is 0. The molecule has 142 valence electrons. The fourth-order valence-corrected chi connectivity index (χ4v) is 3.91. The highest BCUT2D eigenvalue weighted by Crippen LogP contribution is 2.38. The van der Waals surface area contributed by atoms with Crippen LogP contribution in [0.25, 0.3) is 21.9 Å². The maximum atomic E-state index is 11.5. The second kappa shape index (κ2) is 6.09. The Morgan fingerprint density at radius 2 is 1.44 bits per heavy atom. The summed E-state index contributed by atoms with van der Waals surface area (Å²) in [7, 11) is -9.16. The Kier molecular flexibility index (Phi) is 4.27. The number of phenolic OH excluding ortho intramolecular Hbond substituents is 1. The van der Waals surface area contributed by atoms with Crippen molar-refractivity contribution in [3.63, 3.8) is 0 Å². The molecule has 0 aliphatic carbocycles. The zero-order valence-electron chi connectivity index (χ0n) is 13.5. The summed E-state index contributed by atoms with van der Waals surface area (Å²) in [6.45, 7) is 0. The van der Waals surface area contributed by atoms with Crippen molar-refractivity contribution in [1.29, 1.82) is 0 Å². The van der Waals surface area contributed by atoms with E-state index in [0.29, 0.717) is 5.56 Å². The highest BCUT2D eigenvalue weighted by molar-refractivity contribution is 7.86. The van der Waals surface area contributed by atoms with E-state index in [1.807, 2.05) is 0 Å². The molecule has 0 unspecified atom stereocenters. The molecule has 0 atom stereocenters. The van der Waals surface area contributed by atoms with Crippen molar-refractivity contribution in [2.24, 2.45) is 0 Å². The van der Waals surface area contributed by atoms with E-state index in [-0.39, 0.29) is 27.7 Å². The highest BCUT2D eigenvalue weighted by atomic mass is 32.2. The lowest BCUT2D eigenvalue weighted by Crippen LogP contribution is -2.04. The third-order valence-electron chi connectivity index (χ3n) is 4.03. The highest BCUT2D eigenvalue weighted by Gasteiger charge is 2.19. The van der Waals surface area contributed by atoms with Gasteiger partial charge in [0.2, 0.25) is 0 Å². The van der Waals surface area contributed by atoms with Gasteiger partial charge in [-0.1, -0.05) is 12.1 Å². The van der Waals surface area contributed by atoms with Gasteiger partial charge in [0.05, 0.1) is 10.6 Å². The van der Waals surface area contributed by atoms with Crippen molar-refractivity contribution in [1.82, 2.24) is 0 Å². The monoisotopic (exact) mass is 410 g/mol. The van der Waals surface area contributed by atoms with Crippen molar-refractivity contribution in [2.75, 3.05) is 11.5 Å². The van der Waals surface area contributed by atoms with Gasteiger partial charge in [0.25, 0.3) is 20.2 Å². The van der Waals surface area contributed by atoms with E-state index in [1.165, 1.54) is 24.3 Å². The van der Waals surface area contributed by atoms with Crippen LogP contribution in [0, 0.1) is 0 Å². The number of rotatable bonds is 3. The smallest absolute Gasteiger partial charge is 0.296 e. The lowest BCUT2D eigenvalue weighted by molar-refractivity contribution is 0.471. The van der Waals surface area contributed by atoms with Gasteiger partial charge in [-0.15, -0.1) is 0 Å². The largest absolute Gasteiger partial charge is 0.507 e. The van der Waals surface area contributed by atoms with Crippen LogP contribution >= 0.6 is 0 Å². The summed E-state index contributed by atoms with van der Waals surface area (Å²) in [5.41, 5.74) is 12.1. The minimum absolute atomic E-state index is 0.0272. The van der Waals surface area contributed by atoms with E-state index in [4.69, 9.17) is 11.5 Å². The second-order valence-electron chi connectivity index (χ2n) is 5.77. The summed E-state index contributed by atoms with van der Waals surface area (Å²) >= 11 is 0. The van der Waals surface area contributed by atoms with Crippen LogP contribution < -0.4 is 11.5 Å². The molecule has 0 amide bonds. The van der Waals surface area contributed by atoms with Crippen molar-refractivity contribution in [2.45, 2.75) is 9.79 Å². The molecule has 0 heterocycles. The molecule has 11 heteroatoms. The molecule has 0 saturated carbocycles. The van der Waals surface area contributed by atoms with Gasteiger partial charge in [0, 0.05) is 28.1 Å². The third kappa shape index (κ3) is 3.40. The fourth-order valence-electron chi connectivity index (χ4n) is 2.74. The molecule has 0 bridgehead atoms. The molecule has 0 saturated heterocycles. The second-order valence-corrected chi connectivity index (χ2v) is 8.58. The Balaban J connectivity index is 2.33. The molecule has 3 aromatic carbocycles. The summed E-state index contributed by atoms with van der Waals surface area (Å²) in [5, 5.41) is 10.4. The topological polar surface area (TPSA) is 181 Å². The van der Waals surface area contributed by atoms with Crippen LogP contribution in [0.5, 0.6) is 5.75 Å². The van der Waals surface area contributed by atoms with E-state index < -0.39 is 35.8 Å². The molecule has 3 aromatic rings. The van der Waals surface area contributed by atoms with Gasteiger partial charge in [-0.2, -0.15) is 16.8 Å². The predicted octanol–water partition coefficient (Wildman–Crippen LogP) is 1.87. The molecule has 0 aromatic heterocycles. The zero-order valence-corrected chi connectivity index (χ0v) is 15.1. The number of anilines is 2. The first kappa shape index (κ1) is 18.9. The molecular weight excluding hydrogens is 396 g/mol. The van der Waals surface area contributed by atoms with E-state index in [1.54, 1.807) is 0 Å². The van der Waals surface area contributed by atoms with Gasteiger partial charge >= 0.3 is 0 Å². The number of nitrogen functional groups attached to an aromatic ring is 2. The third-order valence-corrected chi connectivity index (χ3v) is 5.77. The van der Waals surface area contributed by atoms with Gasteiger partial charge in [-0.25, -0.2) is 0 Å². The Hall–Kier alpha value is -2.86. The summed E-state index contributed by atoms with van der Waals surface area (Å²) in [6.07, 6.45) is 0. The standard InChI is InChI=1S/C16H14N2O7S2/c17-13-4-1-8(5-15(13)27(23,24)25)10-2-3-11-12(16(10)18)6-9(7-14(11)19)26(20,21)22/h1-7,19H,17-18H2,(H,20,21,22)(H,23,24,25). The van der Waals surface area contributed by atoms with E-state index in [2.05, 4.69) is 0 Å². The lowest BCUT2D eigenvalue weighted by atomic mass is 9.98. The molecule has 0 fully saturated rings. The quantitative estimate of drug-likeness (QED) is 0.318. The number of nitrogens with two attached hydrogens (primary N) is 2. The zero-order chi connectivity index (χ0) is 20.1. The molecule has 0 radical (unpaired) electrons. The average Bonchev–Trinajstić information content (AvgIpc) is 2.54. The SMILES string of the molecule is Nc1ccc(-c2ccc3c(O)cc(S(=O)(=O)O)cc3c2N)cc1S(=O)(=O)O. The number of phenols is 1. The number of aromatic hydroxyl groups is 1. The Morgan fingerprint density at radius 3 is 2.04 bits per heavy atom. The predicted molar refractivity (Wildman–Crippen MR) is 99.5 cm³/mol. The van der Waals surface area contributed by atoms with Crippen LogP contribution in [0.4, 0.5) is 11.4 Å². The summed E-state index contributed by atoms with van der Waals surface area (Å²) < 4.78 is 64.2. The van der Waals surface area contributed by atoms with E-state index >= 15 is 0 Å². The number of fused-ring (bicyclic) bond motifs is 1. The number of benzene rings is 3. The van der Waals surface area contributed by atoms with E-state index in [9.17, 15) is 31.0 Å². The van der Waals surface area contributed by atoms with Crippen molar-refractivity contribution >= 4 is 42.4 Å². The molecule has 0 aliphatic rings. The van der Waals surface area contributed by atoms with Crippen molar-refractivity contribution in [3.8, 4) is 16.9 Å². The molecule has 9 nitrogen and oxygen atoms in total. The van der Waals surface area contributed by atoms with Crippen LogP contribution in [0.3, 0.4) is 0 Å². The first-order chi connectivity index (χ1) is 12.4. The normalized spacial score (nSPS) is 12.4. The first-order valence-corrected chi connectivity index (χ1v) is 10.2. The maximum absolute atomic E-state index is 11.5. The van der Waals surface area contributed by atoms with Gasteiger partial charge in [0.1, 0.15) is 10.6 Å². The minimum Gasteiger partial charge on any atom is -0.507 e. The van der Waals surface area contributed by atoms with Gasteiger partial charge < -0.3 is 16.6 Å². The lowest BCUT2D eigenvalue weighted by Gasteiger charge is -2.13. The van der Waals surface area contributed by atoms with Crippen LogP contribution in [0.1, 0.15) is 0 Å². The Bertz CT molecular complexity index is 1300. The van der Waals surface area contributed by atoms with E-state index in [0.717, 1.165) is 18.2 Å². The Labute approximate surface area is 154 Å². The first-order valence-electron chi connectivity index (χ1n) is 7.29. The van der Waals surface area contributed by atoms with Crippen molar-refractivity contribution in [3.05, 3.63) is 42.5 Å². The van der Waals surface area contributed by atoms with Crippen LogP contribution in [-0.2, 0) is 20.2 Å². The van der Waals surface area contributed by atoms with Gasteiger partial charge in [-0.05, 0) is 29.8 Å². The molecule has 0 spiro atoms. The minimum atomic E-state index is -4.59. The van der Waals surface area contributed by atoms with Gasteiger partial charge in [-0.3, -0.25) is 9.11 Å². The maximum Gasteiger partial charge on any atom is 0.296 e. The average molecular weight is 410 g/mol. The molecule has 3 rings (SSSR count). The summed E-state index contributed by atoms with van der Waals surface area (Å²) in [6, 6.07) is 8.77.